The van der Waals surface area contributed by atoms with Crippen molar-refractivity contribution < 1.29 is 62.8 Å². The van der Waals surface area contributed by atoms with Crippen molar-refractivity contribution in [2.45, 2.75) is 181 Å². The molecule has 0 spiro atoms. The molecule has 0 amide bonds. The Morgan fingerprint density at radius 3 is 1.06 bits per heavy atom. The quantitative estimate of drug-likeness (QED) is 0.0424. The van der Waals surface area contributed by atoms with Gasteiger partial charge in [0.25, 0.3) is 22.7 Å². The van der Waals surface area contributed by atoms with Gasteiger partial charge in [-0.1, -0.05) is 152 Å². The molecule has 3 aliphatic carbocycles. The first kappa shape index (κ1) is 97.7. The molecule has 4 saturated heterocycles. The molecular weight excluding hydrogens is 1840 g/mol. The van der Waals surface area contributed by atoms with Crippen LogP contribution >= 0.6 is 81.7 Å². The molecule has 678 valence electrons. The Kier molecular flexibility index (Phi) is 34.2. The number of thioether (sulfide) groups is 1. The van der Waals surface area contributed by atoms with Gasteiger partial charge in [-0.15, -0.1) is 0 Å². The Morgan fingerprint density at radius 2 is 0.659 bits per heavy atom. The van der Waals surface area contributed by atoms with E-state index in [2.05, 4.69) is 14.7 Å². The van der Waals surface area contributed by atoms with Crippen molar-refractivity contribution in [3.05, 3.63) is 228 Å². The summed E-state index contributed by atoms with van der Waals surface area (Å²) in [5, 5.41) is 46.8. The lowest BCUT2D eigenvalue weighted by atomic mass is 9.94. The first-order valence-electron chi connectivity index (χ1n) is 41.8. The van der Waals surface area contributed by atoms with E-state index in [0.717, 1.165) is 70.0 Å². The van der Waals surface area contributed by atoms with Gasteiger partial charge in [0.1, 0.15) is 42.6 Å². The number of aryl methyl sites for hydroxylation is 4. The molecule has 4 aliphatic heterocycles. The van der Waals surface area contributed by atoms with E-state index in [1.807, 2.05) is 64.1 Å². The summed E-state index contributed by atoms with van der Waals surface area (Å²) in [6.07, 6.45) is 18.2. The molecule has 0 N–H and O–H groups in total. The van der Waals surface area contributed by atoms with E-state index in [9.17, 15) is 74.1 Å². The summed E-state index contributed by atoms with van der Waals surface area (Å²) in [6.45, 7) is 14.7. The number of nitrogens with zero attached hydrogens (tertiary/aromatic N) is 11. The average molecular weight is 1940 g/mol. The van der Waals surface area contributed by atoms with Crippen LogP contribution in [0.25, 0.3) is 0 Å². The molecule has 0 atom stereocenters. The van der Waals surface area contributed by atoms with Gasteiger partial charge in [0.2, 0.25) is 40.1 Å². The second kappa shape index (κ2) is 44.1. The summed E-state index contributed by atoms with van der Waals surface area (Å²) in [5.41, 5.74) is 2.83. The number of non-ortho nitro benzene ring substituents is 4. The molecular formula is C86H101Cl4N11O18S7. The molecule has 15 rings (SSSR count). The van der Waals surface area contributed by atoms with Crippen LogP contribution in [-0.2, 0) is 40.1 Å². The number of benzene rings is 8. The summed E-state index contributed by atoms with van der Waals surface area (Å²) in [4.78, 5) is 52.1. The molecule has 40 heteroatoms. The SMILES string of the molecule is Cc1ccc(C)c(Oc2ccc([N+](=O)[O-])cc2S(=O)(=O)N2CCSCC2)c1.Cc1ccc(C)c(Sc2ccc([N+](=O)[O-])cc2S(=O)(=O)N2CCN(C3CCCCC3)CC2)c1.O=[N+]([O-])c1ccc(Oc2cc(Cl)ccc2Cl)c(S(=O)(=O)N2CCN(C3CCCCC3)CC2)c1.O=[N+]([O-])c1ccc(Sc2cc(Cl)ccc2Cl)c(S(=O)(=O)N2CCN(C3CCCCC3)CC2)c1. The molecule has 3 saturated carbocycles. The first-order valence-corrected chi connectivity index (χ1v) is 51.8. The van der Waals surface area contributed by atoms with Crippen molar-refractivity contribution in [2.75, 3.05) is 103 Å². The van der Waals surface area contributed by atoms with E-state index < -0.39 is 59.8 Å². The van der Waals surface area contributed by atoms with Crippen LogP contribution in [0.15, 0.2) is 185 Å². The first-order chi connectivity index (χ1) is 60.0. The van der Waals surface area contributed by atoms with E-state index in [1.54, 1.807) is 42.1 Å². The molecule has 0 aromatic heterocycles. The molecule has 7 fully saturated rings. The van der Waals surface area contributed by atoms with Crippen molar-refractivity contribution in [2.24, 2.45) is 0 Å². The van der Waals surface area contributed by atoms with Crippen molar-refractivity contribution in [3.8, 4) is 23.0 Å². The molecule has 29 nitrogen and oxygen atoms in total. The number of halogens is 4. The Bertz CT molecular complexity index is 5330. The van der Waals surface area contributed by atoms with Gasteiger partial charge in [-0.05, 0) is 155 Å². The molecule has 0 radical (unpaired) electrons. The average Bonchev–Trinajstić information content (AvgIpc) is 0.783. The third-order valence-electron chi connectivity index (χ3n) is 23.4. The van der Waals surface area contributed by atoms with Crippen LogP contribution in [0, 0.1) is 68.2 Å². The van der Waals surface area contributed by atoms with Gasteiger partial charge in [0.05, 0.1) is 29.7 Å². The summed E-state index contributed by atoms with van der Waals surface area (Å²) >= 11 is 28.7. The number of hydrogen-bond donors (Lipinski definition) is 0. The highest BCUT2D eigenvalue weighted by molar-refractivity contribution is 8.00. The van der Waals surface area contributed by atoms with E-state index in [4.69, 9.17) is 55.9 Å². The van der Waals surface area contributed by atoms with Crippen molar-refractivity contribution in [1.29, 1.82) is 0 Å². The van der Waals surface area contributed by atoms with Gasteiger partial charge in [-0.25, -0.2) is 33.7 Å². The molecule has 0 unspecified atom stereocenters. The van der Waals surface area contributed by atoms with E-state index >= 15 is 0 Å². The highest BCUT2D eigenvalue weighted by atomic mass is 35.5. The standard InChI is InChI=1S/C24H31N3O4S2.C22H25Cl2N3O5S.C22H25Cl2N3O4S2.C18H20N2O5S2/c1-18-8-9-19(2)23(16-18)32-22-11-10-21(27(28)29)17-24(22)33(30,31)26-14-12-25(13-15-26)20-6-4-3-5-7-20;2*23-16-6-8-19(24)21(14-16)32-20-9-7-18(27(28)29)15-22(20)33(30,31)26-12-10-25(11-13-26)17-4-2-1-3-5-17;1-13-3-4-14(2)17(11-13)25-16-6-5-15(20(21)22)12-18(16)27(23,24)19-7-9-26-10-8-19/h8-11,16-17,20H,3-7,12-15H2,1-2H3;2*6-9,14-15,17H,1-5,10-13H2;3-6,11-12H,7-10H2,1-2H3. The second-order valence-corrected chi connectivity index (χ2v) is 44.6. The van der Waals surface area contributed by atoms with Crippen LogP contribution in [0.5, 0.6) is 23.0 Å². The predicted molar refractivity (Wildman–Crippen MR) is 493 cm³/mol. The Morgan fingerprint density at radius 1 is 0.325 bits per heavy atom. The van der Waals surface area contributed by atoms with Gasteiger partial charge in [-0.2, -0.15) is 29.0 Å². The van der Waals surface area contributed by atoms with Gasteiger partial charge in [0, 0.05) is 205 Å². The topological polar surface area (TPSA) is 350 Å². The number of piperazine rings is 3. The maximum Gasteiger partial charge on any atom is 0.271 e. The number of nitro groups is 4. The smallest absolute Gasteiger partial charge is 0.271 e. The largest absolute Gasteiger partial charge is 0.456 e. The van der Waals surface area contributed by atoms with Crippen LogP contribution < -0.4 is 9.47 Å². The number of ether oxygens (including phenoxy) is 2. The van der Waals surface area contributed by atoms with Crippen molar-refractivity contribution >= 4 is 145 Å². The third kappa shape index (κ3) is 24.9. The van der Waals surface area contributed by atoms with Crippen molar-refractivity contribution in [1.82, 2.24) is 31.9 Å². The minimum atomic E-state index is -4.04. The van der Waals surface area contributed by atoms with Crippen LogP contribution in [0.4, 0.5) is 22.7 Å². The monoisotopic (exact) mass is 1940 g/mol. The summed E-state index contributed by atoms with van der Waals surface area (Å²) < 4.78 is 125. The van der Waals surface area contributed by atoms with E-state index in [-0.39, 0.29) is 64.6 Å². The van der Waals surface area contributed by atoms with Gasteiger partial charge in [0.15, 0.2) is 0 Å². The maximum atomic E-state index is 13.7. The fraction of sp³-hybridized carbons (Fsp3) is 0.442. The van der Waals surface area contributed by atoms with Crippen LogP contribution in [0.1, 0.15) is 119 Å². The number of rotatable bonds is 23. The molecule has 0 bridgehead atoms. The summed E-state index contributed by atoms with van der Waals surface area (Å²) in [5.74, 6) is 2.13. The van der Waals surface area contributed by atoms with E-state index in [0.29, 0.717) is 157 Å². The van der Waals surface area contributed by atoms with Gasteiger partial charge >= 0.3 is 0 Å². The Hall–Kier alpha value is -7.31. The second-order valence-electron chi connectivity index (χ2n) is 31.9. The predicted octanol–water partition coefficient (Wildman–Crippen LogP) is 19.8. The Labute approximate surface area is 768 Å². The van der Waals surface area contributed by atoms with Crippen LogP contribution in [0.2, 0.25) is 20.1 Å². The maximum absolute atomic E-state index is 13.7. The lowest BCUT2D eigenvalue weighted by Crippen LogP contribution is -2.52. The molecule has 4 heterocycles. The van der Waals surface area contributed by atoms with Crippen molar-refractivity contribution in [3.63, 3.8) is 0 Å². The minimum Gasteiger partial charge on any atom is -0.456 e. The Balaban J connectivity index is 0.000000153. The van der Waals surface area contributed by atoms with Crippen LogP contribution in [0.3, 0.4) is 0 Å². The summed E-state index contributed by atoms with van der Waals surface area (Å²) in [6, 6.07) is 38.0. The molecule has 8 aromatic carbocycles. The zero-order chi connectivity index (χ0) is 90.4. The lowest BCUT2D eigenvalue weighted by Gasteiger charge is -2.40. The highest BCUT2D eigenvalue weighted by Crippen LogP contribution is 2.45. The fourth-order valence-corrected chi connectivity index (χ4v) is 27.3. The molecule has 126 heavy (non-hydrogen) atoms. The summed E-state index contributed by atoms with van der Waals surface area (Å²) in [7, 11) is -15.8. The fourth-order valence-electron chi connectivity index (χ4n) is 16.4. The normalized spacial score (nSPS) is 18.2. The highest BCUT2D eigenvalue weighted by Gasteiger charge is 2.40. The van der Waals surface area contributed by atoms with E-state index in [1.165, 1.54) is 173 Å². The zero-order valence-corrected chi connectivity index (χ0v) is 78.9. The van der Waals surface area contributed by atoms with Gasteiger partial charge < -0.3 is 9.47 Å². The zero-order valence-electron chi connectivity index (χ0n) is 70.1. The molecule has 8 aromatic rings. The third-order valence-corrected chi connectivity index (χ3v) is 36.0. The van der Waals surface area contributed by atoms with Gasteiger partial charge in [-0.3, -0.25) is 55.2 Å². The minimum absolute atomic E-state index is 0.0220. The number of hydrogen-bond acceptors (Lipinski definition) is 24. The number of nitro benzene ring substituents is 4. The molecule has 7 aliphatic rings. The number of sulfonamides is 4. The van der Waals surface area contributed by atoms with Crippen LogP contribution in [-0.4, -0.2) is 207 Å². The lowest BCUT2D eigenvalue weighted by molar-refractivity contribution is -0.385.